The molecule has 1 aliphatic heterocycles. The molecule has 0 aromatic carbocycles. The molecule has 2 saturated carbocycles. The normalized spacial score (nSPS) is 27.2. The Bertz CT molecular complexity index is 935. The Kier molecular flexibility index (Phi) is 32.8. The molecule has 0 N–H and O–H groups in total. The van der Waals surface area contributed by atoms with Gasteiger partial charge in [0.1, 0.15) is 11.6 Å². The van der Waals surface area contributed by atoms with Crippen molar-refractivity contribution in [1.29, 1.82) is 0 Å². The third kappa shape index (κ3) is 19.9. The van der Waals surface area contributed by atoms with Crippen molar-refractivity contribution in [3.05, 3.63) is 61.3 Å². The number of ketones is 3. The molecule has 0 aromatic rings. The molecule has 1 heterocycles. The van der Waals surface area contributed by atoms with Crippen LogP contribution >= 0.6 is 98.4 Å². The number of carbonyl (C=O) groups is 3. The summed E-state index contributed by atoms with van der Waals surface area (Å²) in [6.45, 7) is 9.83. The van der Waals surface area contributed by atoms with Gasteiger partial charge >= 0.3 is 50.5 Å². The summed E-state index contributed by atoms with van der Waals surface area (Å²) in [7, 11) is 0. The summed E-state index contributed by atoms with van der Waals surface area (Å²) in [5.74, 6) is 4.33. The van der Waals surface area contributed by atoms with Crippen LogP contribution in [-0.4, -0.2) is 41.9 Å². The number of fused-ring (bicyclic) bond motifs is 4. The molecule has 3 fully saturated rings. The number of nitrogens with zero attached hydrogens (tertiary/aromatic N) is 1. The predicted molar refractivity (Wildman–Crippen MR) is 230 cm³/mol. The molecule has 0 spiro atoms. The molecule has 6 rings (SSSR count). The van der Waals surface area contributed by atoms with E-state index in [9.17, 15) is 14.4 Å². The number of hydrogen-bond acceptors (Lipinski definition) is 4. The minimum absolute atomic E-state index is 0. The minimum atomic E-state index is 0. The third-order valence-electron chi connectivity index (χ3n) is 8.56. The number of hydrogen-bond donors (Lipinski definition) is 0. The number of allylic oxidation sites excluding steroid dienone is 9. The number of Topliss-reactive ketones (excluding diaryl/α,β-unsaturated/α-hetero) is 2. The Morgan fingerprint density at radius 2 is 1.30 bits per heavy atom. The zero-order valence-corrected chi connectivity index (χ0v) is 38.4. The SMILES string of the molecule is C.C1=CCC=C1.C=CC(C)=O.CC(=O)C1CC2C=CC1C2.I.II.I[I-]I.O=C(CCN1CCCCC1)C1CC2C=CC1C2. The van der Waals surface area contributed by atoms with E-state index in [0.29, 0.717) is 48.5 Å². The maximum Gasteiger partial charge on any atom is 0.137 e. The van der Waals surface area contributed by atoms with Crippen molar-refractivity contribution in [1.82, 2.24) is 4.90 Å². The molecule has 4 bridgehead atoms. The molecule has 0 radical (unpaired) electrons. The first-order valence-electron chi connectivity index (χ1n) is 14.9. The Labute approximate surface area is 338 Å². The van der Waals surface area contributed by atoms with Gasteiger partial charge in [0.05, 0.1) is 0 Å². The molecular formula is C34H52I6NO3-. The van der Waals surface area contributed by atoms with Crippen molar-refractivity contribution < 1.29 is 27.6 Å². The van der Waals surface area contributed by atoms with Gasteiger partial charge in [0, 0.05) is 62.0 Å². The third-order valence-corrected chi connectivity index (χ3v) is 8.56. The van der Waals surface area contributed by atoms with E-state index in [0.717, 1.165) is 44.1 Å². The fourth-order valence-corrected chi connectivity index (χ4v) is 6.43. The van der Waals surface area contributed by atoms with Gasteiger partial charge in [0.15, 0.2) is 5.78 Å². The molecule has 44 heavy (non-hydrogen) atoms. The molecule has 6 unspecified atom stereocenters. The molecule has 4 nitrogen and oxygen atoms in total. The molecule has 10 heteroatoms. The van der Waals surface area contributed by atoms with Gasteiger partial charge in [-0.2, -0.15) is 0 Å². The topological polar surface area (TPSA) is 54.5 Å². The van der Waals surface area contributed by atoms with Crippen LogP contribution in [-0.2, 0) is 14.4 Å². The van der Waals surface area contributed by atoms with E-state index in [1.54, 1.807) is 6.92 Å². The average molecular weight is 1280 g/mol. The van der Waals surface area contributed by atoms with Gasteiger partial charge < -0.3 is 4.90 Å². The summed E-state index contributed by atoms with van der Waals surface area (Å²) in [6.07, 6.45) is 29.4. The Hall–Kier alpha value is 2.05. The van der Waals surface area contributed by atoms with Crippen LogP contribution in [0.25, 0.3) is 0 Å². The first-order chi connectivity index (χ1) is 20.3. The van der Waals surface area contributed by atoms with Crippen LogP contribution in [0.2, 0.25) is 0 Å². The van der Waals surface area contributed by atoms with Gasteiger partial charge in [-0.3, -0.25) is 14.4 Å². The molecule has 6 atom stereocenters. The second-order valence-electron chi connectivity index (χ2n) is 11.5. The van der Waals surface area contributed by atoms with Crippen LogP contribution in [0, 0.1) is 35.5 Å². The fraction of sp³-hybridized carbons (Fsp3) is 0.618. The van der Waals surface area contributed by atoms with E-state index in [1.807, 2.05) is 0 Å². The number of likely N-dealkylation sites (tertiary alicyclic amines) is 1. The van der Waals surface area contributed by atoms with Gasteiger partial charge in [0.25, 0.3) is 0 Å². The average Bonchev–Trinajstić information content (AvgIpc) is 3.86. The molecule has 0 aromatic heterocycles. The summed E-state index contributed by atoms with van der Waals surface area (Å²) in [4.78, 5) is 35.4. The summed E-state index contributed by atoms with van der Waals surface area (Å²) in [5, 5.41) is 0. The van der Waals surface area contributed by atoms with Gasteiger partial charge in [-0.15, -0.1) is 24.0 Å². The van der Waals surface area contributed by atoms with Crippen molar-refractivity contribution in [2.45, 2.75) is 79.1 Å². The van der Waals surface area contributed by atoms with Crippen LogP contribution in [0.4, 0.5) is 0 Å². The summed E-state index contributed by atoms with van der Waals surface area (Å²) >= 11 is 9.54. The number of rotatable bonds is 6. The zero-order chi connectivity index (χ0) is 31.3. The molecule has 1 saturated heterocycles. The quantitative estimate of drug-likeness (QED) is 0.152. The van der Waals surface area contributed by atoms with Crippen molar-refractivity contribution in [2.24, 2.45) is 35.5 Å². The maximum absolute atomic E-state index is 12.2. The van der Waals surface area contributed by atoms with Crippen LogP contribution in [0.5, 0.6) is 0 Å². The second kappa shape index (κ2) is 29.9. The standard InChI is InChI=1S/C15H23NO.C9H12O.C5H6.C4H6O.CH4.I3.I2.HI/c17-15(6-9-16-7-2-1-3-8-16)14-11-12-4-5-13(14)10-12;1-6(10)9-5-7-2-3-8(9)4-7;1-2-4-5-3-1;1-3-4(2)5;;1-3-2;1-2;/h4-5,12-14H,1-3,6-11H2;2-3,7-9H,4-5H2,1H3;1-4H,5H2;3H,1H2,2H3;1H4;;;1H/q;;;;;-1;;. The van der Waals surface area contributed by atoms with E-state index >= 15 is 0 Å². The van der Waals surface area contributed by atoms with Crippen molar-refractivity contribution in [3.63, 3.8) is 0 Å². The van der Waals surface area contributed by atoms with E-state index in [2.05, 4.69) is 135 Å². The van der Waals surface area contributed by atoms with Crippen LogP contribution < -0.4 is 13.3 Å². The summed E-state index contributed by atoms with van der Waals surface area (Å²) in [6, 6.07) is 0. The van der Waals surface area contributed by atoms with E-state index in [-0.39, 0.29) is 37.2 Å². The fourth-order valence-electron chi connectivity index (χ4n) is 6.43. The first kappa shape index (κ1) is 48.2. The smallest absolute Gasteiger partial charge is 0.137 e. The number of piperidine rings is 1. The van der Waals surface area contributed by atoms with Crippen LogP contribution in [0.1, 0.15) is 79.1 Å². The first-order valence-corrected chi connectivity index (χ1v) is 33.7. The molecule has 6 aliphatic rings. The van der Waals surface area contributed by atoms with E-state index in [1.165, 1.54) is 58.2 Å². The van der Waals surface area contributed by atoms with Gasteiger partial charge in [0.2, 0.25) is 0 Å². The molecular weight excluding hydrogens is 1230 g/mol. The van der Waals surface area contributed by atoms with Crippen molar-refractivity contribution in [3.8, 4) is 0 Å². The Morgan fingerprint density at radius 1 is 0.841 bits per heavy atom. The zero-order valence-electron chi connectivity index (χ0n) is 25.3. The Balaban J connectivity index is 0. The summed E-state index contributed by atoms with van der Waals surface area (Å²) < 4.78 is 0. The van der Waals surface area contributed by atoms with Crippen LogP contribution in [0.3, 0.4) is 0 Å². The number of halogens is 6. The second-order valence-corrected chi connectivity index (χ2v) is 27.7. The largest absolute Gasteiger partial charge is 0.303 e. The van der Waals surface area contributed by atoms with Gasteiger partial charge in [-0.05, 0) is 102 Å². The summed E-state index contributed by atoms with van der Waals surface area (Å²) in [5.41, 5.74) is 0. The van der Waals surface area contributed by atoms with Crippen LogP contribution in [0.15, 0.2) is 61.3 Å². The van der Waals surface area contributed by atoms with E-state index in [4.69, 9.17) is 0 Å². The number of carbonyl (C=O) groups excluding carboxylic acids is 3. The van der Waals surface area contributed by atoms with E-state index < -0.39 is 0 Å². The molecule has 5 aliphatic carbocycles. The Morgan fingerprint density at radius 3 is 1.59 bits per heavy atom. The molecule has 254 valence electrons. The predicted octanol–water partition coefficient (Wildman–Crippen LogP) is 8.50. The van der Waals surface area contributed by atoms with Gasteiger partial charge in [-0.1, -0.05) is 69.0 Å². The van der Waals surface area contributed by atoms with Crippen molar-refractivity contribution >= 4 is 116 Å². The maximum atomic E-state index is 12.2. The molecule has 0 amide bonds. The monoisotopic (exact) mass is 1280 g/mol. The van der Waals surface area contributed by atoms with Gasteiger partial charge in [-0.25, -0.2) is 0 Å². The minimum Gasteiger partial charge on any atom is -0.303 e. The van der Waals surface area contributed by atoms with Crippen molar-refractivity contribution in [2.75, 3.05) is 19.6 Å².